The normalized spacial score (nSPS) is 17.6. The molecule has 0 unspecified atom stereocenters. The van der Waals surface area contributed by atoms with Crippen LogP contribution in [-0.2, 0) is 33.3 Å². The molecule has 2 atom stereocenters. The van der Waals surface area contributed by atoms with Crippen LogP contribution < -0.4 is 9.64 Å². The van der Waals surface area contributed by atoms with Crippen LogP contribution in [-0.4, -0.2) is 68.2 Å². The summed E-state index contributed by atoms with van der Waals surface area (Å²) < 4.78 is 61.9. The Labute approximate surface area is 192 Å². The molecule has 0 radical (unpaired) electrons. The van der Waals surface area contributed by atoms with Gasteiger partial charge in [0, 0.05) is 13.5 Å². The lowest BCUT2D eigenvalue weighted by Gasteiger charge is -2.36. The van der Waals surface area contributed by atoms with Crippen molar-refractivity contribution >= 4 is 29.5 Å². The Hall–Kier alpha value is -3.35. The van der Waals surface area contributed by atoms with Crippen molar-refractivity contribution in [2.75, 3.05) is 25.2 Å². The summed E-state index contributed by atoms with van der Waals surface area (Å²) in [7, 11) is 1.01. The second-order valence-corrected chi connectivity index (χ2v) is 8.06. The van der Waals surface area contributed by atoms with E-state index in [-0.39, 0.29) is 18.8 Å². The fraction of sp³-hybridized carbons (Fsp3) is 0.524. The first-order chi connectivity index (χ1) is 15.6. The maximum Gasteiger partial charge on any atom is 0.573 e. The number of esters is 3. The molecule has 1 aromatic carbocycles. The topological polar surface area (TPSA) is 118 Å². The Kier molecular flexibility index (Phi) is 8.14. The minimum atomic E-state index is -5.01. The number of hydrogen-bond donors (Lipinski definition) is 0. The zero-order chi connectivity index (χ0) is 25.8. The number of halogens is 3. The van der Waals surface area contributed by atoms with E-state index >= 15 is 0 Å². The lowest BCUT2D eigenvalue weighted by atomic mass is 10.1. The largest absolute Gasteiger partial charge is 0.573 e. The maximum absolute atomic E-state index is 13.2. The molecule has 1 amide bonds. The zero-order valence-corrected chi connectivity index (χ0v) is 19.1. The summed E-state index contributed by atoms with van der Waals surface area (Å²) in [5.41, 5.74) is -1.50. The number of carbonyl (C=O) groups is 4. The van der Waals surface area contributed by atoms with Gasteiger partial charge in [0.15, 0.2) is 6.10 Å². The third-order valence-electron chi connectivity index (χ3n) is 4.23. The van der Waals surface area contributed by atoms with Gasteiger partial charge in [-0.15, -0.1) is 13.2 Å². The zero-order valence-electron chi connectivity index (χ0n) is 19.1. The summed E-state index contributed by atoms with van der Waals surface area (Å²) in [6, 6.07) is 2.73. The van der Waals surface area contributed by atoms with Crippen LogP contribution in [0, 0.1) is 0 Å². The van der Waals surface area contributed by atoms with E-state index in [1.54, 1.807) is 20.8 Å². The van der Waals surface area contributed by atoms with Crippen LogP contribution in [0.5, 0.6) is 5.75 Å². The number of benzene rings is 1. The number of nitrogens with zero attached hydrogens (tertiary/aromatic N) is 1. The number of hydrogen-bond acceptors (Lipinski definition) is 9. The Morgan fingerprint density at radius 2 is 1.82 bits per heavy atom. The monoisotopic (exact) mass is 491 g/mol. The molecule has 2 rings (SSSR count). The number of rotatable bonds is 6. The number of morpholine rings is 1. The minimum absolute atomic E-state index is 0.120. The molecular formula is C21H24F3NO9. The summed E-state index contributed by atoms with van der Waals surface area (Å²) in [6.07, 6.45) is -8.41. The summed E-state index contributed by atoms with van der Waals surface area (Å²) in [5.74, 6) is -4.56. The molecule has 10 nitrogen and oxygen atoms in total. The second kappa shape index (κ2) is 10.3. The van der Waals surface area contributed by atoms with Gasteiger partial charge < -0.3 is 28.6 Å². The van der Waals surface area contributed by atoms with Crippen molar-refractivity contribution < 1.29 is 56.0 Å². The highest BCUT2D eigenvalue weighted by molar-refractivity contribution is 6.06. The number of anilines is 1. The Bertz CT molecular complexity index is 956. The summed E-state index contributed by atoms with van der Waals surface area (Å²) in [4.78, 5) is 50.7. The van der Waals surface area contributed by atoms with Crippen LogP contribution in [0.4, 0.5) is 18.9 Å². The third kappa shape index (κ3) is 7.07. The maximum atomic E-state index is 13.2. The van der Waals surface area contributed by atoms with Crippen molar-refractivity contribution in [1.82, 2.24) is 0 Å². The van der Waals surface area contributed by atoms with Gasteiger partial charge in [-0.05, 0) is 39.0 Å². The van der Waals surface area contributed by atoms with Gasteiger partial charge in [0.05, 0.1) is 25.0 Å². The van der Waals surface area contributed by atoms with E-state index in [1.165, 1.54) is 0 Å². The number of amides is 1. The van der Waals surface area contributed by atoms with Crippen molar-refractivity contribution in [3.05, 3.63) is 23.8 Å². The molecule has 0 spiro atoms. The molecule has 188 valence electrons. The number of carbonyl (C=O) groups excluding carboxylic acids is 4. The van der Waals surface area contributed by atoms with E-state index in [2.05, 4.69) is 9.47 Å². The van der Waals surface area contributed by atoms with E-state index in [1.807, 2.05) is 0 Å². The SMILES string of the molecule is COC(=O)c1cc(OC(F)(F)F)ccc1N1CCO[C@H]([C@@H](OC(C)=O)C(=O)OC(C)(C)C)C1=O. The van der Waals surface area contributed by atoms with E-state index < -0.39 is 59.3 Å². The summed E-state index contributed by atoms with van der Waals surface area (Å²) in [5, 5.41) is 0. The molecule has 0 bridgehead atoms. The van der Waals surface area contributed by atoms with E-state index in [0.29, 0.717) is 0 Å². The highest BCUT2D eigenvalue weighted by Crippen LogP contribution is 2.32. The van der Waals surface area contributed by atoms with Crippen LogP contribution in [0.3, 0.4) is 0 Å². The van der Waals surface area contributed by atoms with Crippen LogP contribution in [0.2, 0.25) is 0 Å². The molecule has 34 heavy (non-hydrogen) atoms. The van der Waals surface area contributed by atoms with Crippen LogP contribution in [0.1, 0.15) is 38.1 Å². The molecule has 0 aliphatic carbocycles. The molecule has 1 fully saturated rings. The van der Waals surface area contributed by atoms with Crippen molar-refractivity contribution in [2.45, 2.75) is 51.9 Å². The fourth-order valence-corrected chi connectivity index (χ4v) is 3.06. The molecule has 1 aliphatic rings. The first-order valence-electron chi connectivity index (χ1n) is 9.94. The van der Waals surface area contributed by atoms with Crippen molar-refractivity contribution in [3.63, 3.8) is 0 Å². The fourth-order valence-electron chi connectivity index (χ4n) is 3.06. The van der Waals surface area contributed by atoms with Crippen LogP contribution in [0.15, 0.2) is 18.2 Å². The van der Waals surface area contributed by atoms with Gasteiger partial charge >= 0.3 is 24.3 Å². The average Bonchev–Trinajstić information content (AvgIpc) is 2.69. The molecule has 0 saturated carbocycles. The first-order valence-corrected chi connectivity index (χ1v) is 9.94. The number of alkyl halides is 3. The quantitative estimate of drug-likeness (QED) is 0.437. The molecule has 0 aromatic heterocycles. The van der Waals surface area contributed by atoms with Gasteiger partial charge in [-0.25, -0.2) is 9.59 Å². The van der Waals surface area contributed by atoms with Gasteiger partial charge in [-0.1, -0.05) is 0 Å². The predicted octanol–water partition coefficient (Wildman–Crippen LogP) is 2.38. The summed E-state index contributed by atoms with van der Waals surface area (Å²) >= 11 is 0. The smallest absolute Gasteiger partial charge is 0.465 e. The lowest BCUT2D eigenvalue weighted by Crippen LogP contribution is -2.56. The summed E-state index contributed by atoms with van der Waals surface area (Å²) in [6.45, 7) is 5.45. The second-order valence-electron chi connectivity index (χ2n) is 8.06. The first kappa shape index (κ1) is 26.9. The van der Waals surface area contributed by atoms with Gasteiger partial charge in [0.25, 0.3) is 5.91 Å². The van der Waals surface area contributed by atoms with Crippen molar-refractivity contribution in [3.8, 4) is 5.75 Å². The Morgan fingerprint density at radius 3 is 2.35 bits per heavy atom. The highest BCUT2D eigenvalue weighted by atomic mass is 19.4. The lowest BCUT2D eigenvalue weighted by molar-refractivity contribution is -0.274. The van der Waals surface area contributed by atoms with E-state index in [0.717, 1.165) is 37.1 Å². The molecule has 13 heteroatoms. The molecule has 1 saturated heterocycles. The molecule has 1 aliphatic heterocycles. The minimum Gasteiger partial charge on any atom is -0.465 e. The number of methoxy groups -OCH3 is 1. The third-order valence-corrected chi connectivity index (χ3v) is 4.23. The molecular weight excluding hydrogens is 467 g/mol. The van der Waals surface area contributed by atoms with Gasteiger partial charge in [0.2, 0.25) is 6.10 Å². The van der Waals surface area contributed by atoms with Crippen LogP contribution >= 0.6 is 0 Å². The molecule has 0 N–H and O–H groups in total. The van der Waals surface area contributed by atoms with Crippen molar-refractivity contribution in [1.29, 1.82) is 0 Å². The Balaban J connectivity index is 2.44. The van der Waals surface area contributed by atoms with Gasteiger partial charge in [-0.2, -0.15) is 0 Å². The van der Waals surface area contributed by atoms with Gasteiger partial charge in [-0.3, -0.25) is 9.59 Å². The van der Waals surface area contributed by atoms with E-state index in [9.17, 15) is 32.3 Å². The molecule has 1 aromatic rings. The number of ether oxygens (including phenoxy) is 5. The highest BCUT2D eigenvalue weighted by Gasteiger charge is 2.45. The van der Waals surface area contributed by atoms with E-state index in [4.69, 9.17) is 14.2 Å². The molecule has 1 heterocycles. The van der Waals surface area contributed by atoms with Crippen molar-refractivity contribution in [2.24, 2.45) is 0 Å². The van der Waals surface area contributed by atoms with Gasteiger partial charge in [0.1, 0.15) is 11.4 Å². The van der Waals surface area contributed by atoms with Crippen LogP contribution in [0.25, 0.3) is 0 Å². The standard InChI is InChI=1S/C21H24F3NO9/c1-11(26)32-16(19(29)34-20(2,3)4)15-17(27)25(8-9-31-15)14-7-6-12(33-21(22,23)24)10-13(14)18(28)30-5/h6-7,10,15-16H,8-9H2,1-5H3/t15-,16-/m1/s1. The Morgan fingerprint density at radius 1 is 1.18 bits per heavy atom. The predicted molar refractivity (Wildman–Crippen MR) is 108 cm³/mol. The average molecular weight is 491 g/mol.